The lowest BCUT2D eigenvalue weighted by Crippen LogP contribution is -2.28. The predicted molar refractivity (Wildman–Crippen MR) is 69.6 cm³/mol. The maximum absolute atomic E-state index is 5.56. The Bertz CT molecular complexity index is 388. The van der Waals surface area contributed by atoms with E-state index < -0.39 is 0 Å². The van der Waals surface area contributed by atoms with E-state index in [2.05, 4.69) is 22.4 Å². The molecule has 0 aliphatic rings. The molecule has 3 heteroatoms. The molecule has 1 unspecified atom stereocenters. The Balaban J connectivity index is 2.26. The summed E-state index contributed by atoms with van der Waals surface area (Å²) in [5.41, 5.74) is 8.01. The van der Waals surface area contributed by atoms with Gasteiger partial charge in [0.25, 0.3) is 0 Å². The van der Waals surface area contributed by atoms with Crippen molar-refractivity contribution in [3.05, 3.63) is 66.0 Å². The molecule has 3 nitrogen and oxygen atoms in total. The van der Waals surface area contributed by atoms with Gasteiger partial charge in [-0.15, -0.1) is 0 Å². The number of pyridine rings is 1. The highest BCUT2D eigenvalue weighted by Crippen LogP contribution is 2.20. The van der Waals surface area contributed by atoms with Gasteiger partial charge in [-0.05, 0) is 23.3 Å². The molecule has 0 amide bonds. The van der Waals surface area contributed by atoms with Crippen LogP contribution < -0.4 is 11.1 Å². The molecule has 1 aromatic heterocycles. The van der Waals surface area contributed by atoms with Gasteiger partial charge in [-0.3, -0.25) is 4.98 Å². The van der Waals surface area contributed by atoms with Gasteiger partial charge in [0.2, 0.25) is 0 Å². The third-order valence-corrected chi connectivity index (χ3v) is 2.67. The summed E-state index contributed by atoms with van der Waals surface area (Å²) >= 11 is 0. The first kappa shape index (κ1) is 11.8. The highest BCUT2D eigenvalue weighted by Gasteiger charge is 2.11. The molecule has 3 N–H and O–H groups in total. The zero-order valence-corrected chi connectivity index (χ0v) is 9.71. The predicted octanol–water partition coefficient (Wildman–Crippen LogP) is 1.72. The second-order valence-electron chi connectivity index (χ2n) is 3.87. The molecule has 0 aliphatic heterocycles. The Hall–Kier alpha value is -1.71. The summed E-state index contributed by atoms with van der Waals surface area (Å²) in [6.07, 6.45) is 3.63. The van der Waals surface area contributed by atoms with Gasteiger partial charge in [-0.2, -0.15) is 0 Å². The van der Waals surface area contributed by atoms with E-state index in [0.29, 0.717) is 6.54 Å². The van der Waals surface area contributed by atoms with E-state index in [1.165, 1.54) is 11.1 Å². The molecule has 0 radical (unpaired) electrons. The minimum Gasteiger partial charge on any atom is -0.329 e. The summed E-state index contributed by atoms with van der Waals surface area (Å²) < 4.78 is 0. The van der Waals surface area contributed by atoms with Crippen LogP contribution in [0.15, 0.2) is 54.9 Å². The summed E-state index contributed by atoms with van der Waals surface area (Å²) in [5, 5.41) is 3.45. The highest BCUT2D eigenvalue weighted by molar-refractivity contribution is 5.30. The first-order valence-corrected chi connectivity index (χ1v) is 5.80. The molecule has 0 aliphatic carbocycles. The van der Waals surface area contributed by atoms with Crippen molar-refractivity contribution in [3.63, 3.8) is 0 Å². The minimum absolute atomic E-state index is 0.183. The van der Waals surface area contributed by atoms with Gasteiger partial charge in [-0.1, -0.05) is 30.3 Å². The molecule has 0 fully saturated rings. The average Bonchev–Trinajstić information content (AvgIpc) is 2.42. The maximum atomic E-state index is 5.56. The highest BCUT2D eigenvalue weighted by atomic mass is 14.9. The topological polar surface area (TPSA) is 50.9 Å². The summed E-state index contributed by atoms with van der Waals surface area (Å²) in [6, 6.07) is 14.6. The lowest BCUT2D eigenvalue weighted by molar-refractivity contribution is 0.611. The molecule has 0 spiro atoms. The van der Waals surface area contributed by atoms with Gasteiger partial charge in [0.15, 0.2) is 0 Å². The molecule has 1 atom stereocenters. The largest absolute Gasteiger partial charge is 0.329 e. The molecule has 0 bridgehead atoms. The van der Waals surface area contributed by atoms with Gasteiger partial charge in [0.05, 0.1) is 6.04 Å². The average molecular weight is 227 g/mol. The number of hydrogen-bond acceptors (Lipinski definition) is 3. The molecule has 1 aromatic carbocycles. The fourth-order valence-electron chi connectivity index (χ4n) is 1.86. The maximum Gasteiger partial charge on any atom is 0.0578 e. The number of rotatable bonds is 5. The lowest BCUT2D eigenvalue weighted by atomic mass is 10.00. The Morgan fingerprint density at radius 1 is 1.00 bits per heavy atom. The van der Waals surface area contributed by atoms with Crippen molar-refractivity contribution < 1.29 is 0 Å². The number of benzene rings is 1. The van der Waals surface area contributed by atoms with Crippen molar-refractivity contribution in [1.82, 2.24) is 10.3 Å². The number of aromatic nitrogens is 1. The zero-order chi connectivity index (χ0) is 11.9. The van der Waals surface area contributed by atoms with Crippen LogP contribution in [0.2, 0.25) is 0 Å². The quantitative estimate of drug-likeness (QED) is 0.817. The first-order chi connectivity index (χ1) is 8.42. The summed E-state index contributed by atoms with van der Waals surface area (Å²) in [5.74, 6) is 0. The molecule has 2 aromatic rings. The SMILES string of the molecule is NCCNC(c1ccccc1)c1ccncc1. The van der Waals surface area contributed by atoms with Gasteiger partial charge in [0, 0.05) is 25.5 Å². The van der Waals surface area contributed by atoms with Crippen LogP contribution in [0.5, 0.6) is 0 Å². The Morgan fingerprint density at radius 3 is 2.29 bits per heavy atom. The van der Waals surface area contributed by atoms with E-state index >= 15 is 0 Å². The number of nitrogens with zero attached hydrogens (tertiary/aromatic N) is 1. The molecule has 2 rings (SSSR count). The minimum atomic E-state index is 0.183. The van der Waals surface area contributed by atoms with Crippen molar-refractivity contribution in [2.75, 3.05) is 13.1 Å². The number of nitrogens with two attached hydrogens (primary N) is 1. The summed E-state index contributed by atoms with van der Waals surface area (Å²) in [6.45, 7) is 1.43. The first-order valence-electron chi connectivity index (χ1n) is 5.80. The monoisotopic (exact) mass is 227 g/mol. The van der Waals surface area contributed by atoms with Gasteiger partial charge >= 0.3 is 0 Å². The molecule has 88 valence electrons. The summed E-state index contributed by atoms with van der Waals surface area (Å²) in [4.78, 5) is 4.05. The van der Waals surface area contributed by atoms with Crippen LogP contribution in [0.25, 0.3) is 0 Å². The van der Waals surface area contributed by atoms with Crippen LogP contribution in [0.4, 0.5) is 0 Å². The Kier molecular flexibility index (Phi) is 4.24. The molecule has 17 heavy (non-hydrogen) atoms. The molecular formula is C14H17N3. The van der Waals surface area contributed by atoms with Gasteiger partial charge < -0.3 is 11.1 Å². The smallest absolute Gasteiger partial charge is 0.0578 e. The molecular weight excluding hydrogens is 210 g/mol. The van der Waals surface area contributed by atoms with E-state index in [1.54, 1.807) is 0 Å². The van der Waals surface area contributed by atoms with Gasteiger partial charge in [0.1, 0.15) is 0 Å². The second kappa shape index (κ2) is 6.13. The second-order valence-corrected chi connectivity index (χ2v) is 3.87. The van der Waals surface area contributed by atoms with Crippen molar-refractivity contribution in [1.29, 1.82) is 0 Å². The third-order valence-electron chi connectivity index (χ3n) is 2.67. The van der Waals surface area contributed by atoms with Crippen LogP contribution in [0, 0.1) is 0 Å². The fraction of sp³-hybridized carbons (Fsp3) is 0.214. The Labute approximate surface area is 102 Å². The molecule has 0 saturated carbocycles. The van der Waals surface area contributed by atoms with Crippen LogP contribution >= 0.6 is 0 Å². The Morgan fingerprint density at radius 2 is 1.65 bits per heavy atom. The lowest BCUT2D eigenvalue weighted by Gasteiger charge is -2.19. The van der Waals surface area contributed by atoms with Crippen LogP contribution in [0.1, 0.15) is 17.2 Å². The number of nitrogens with one attached hydrogen (secondary N) is 1. The van der Waals surface area contributed by atoms with Crippen LogP contribution in [-0.4, -0.2) is 18.1 Å². The van der Waals surface area contributed by atoms with Crippen LogP contribution in [-0.2, 0) is 0 Å². The summed E-state index contributed by atoms with van der Waals surface area (Å²) in [7, 11) is 0. The number of hydrogen-bond donors (Lipinski definition) is 2. The van der Waals surface area contributed by atoms with Crippen molar-refractivity contribution in [3.8, 4) is 0 Å². The van der Waals surface area contributed by atoms with Crippen molar-refractivity contribution in [2.24, 2.45) is 5.73 Å². The van der Waals surface area contributed by atoms with E-state index in [1.807, 2.05) is 42.7 Å². The third kappa shape index (κ3) is 3.12. The van der Waals surface area contributed by atoms with E-state index in [4.69, 9.17) is 5.73 Å². The normalized spacial score (nSPS) is 12.3. The van der Waals surface area contributed by atoms with Crippen molar-refractivity contribution >= 4 is 0 Å². The molecule has 1 heterocycles. The van der Waals surface area contributed by atoms with E-state index in [0.717, 1.165) is 6.54 Å². The molecule has 0 saturated heterocycles. The van der Waals surface area contributed by atoms with Crippen molar-refractivity contribution in [2.45, 2.75) is 6.04 Å². The standard InChI is InChI=1S/C14H17N3/c15-8-11-17-14(12-4-2-1-3-5-12)13-6-9-16-10-7-13/h1-7,9-10,14,17H,8,11,15H2. The fourth-order valence-corrected chi connectivity index (χ4v) is 1.86. The van der Waals surface area contributed by atoms with Crippen LogP contribution in [0.3, 0.4) is 0 Å². The van der Waals surface area contributed by atoms with E-state index in [9.17, 15) is 0 Å². The van der Waals surface area contributed by atoms with Gasteiger partial charge in [-0.25, -0.2) is 0 Å². The zero-order valence-electron chi connectivity index (χ0n) is 9.71. The van der Waals surface area contributed by atoms with E-state index in [-0.39, 0.29) is 6.04 Å².